The Kier molecular flexibility index (Phi) is 3.93. The van der Waals surface area contributed by atoms with Crippen LogP contribution in [0.15, 0.2) is 48.8 Å². The fourth-order valence-electron chi connectivity index (χ4n) is 2.96. The van der Waals surface area contributed by atoms with Crippen LogP contribution in [-0.2, 0) is 24.5 Å². The zero-order valence-corrected chi connectivity index (χ0v) is 13.9. The summed E-state index contributed by atoms with van der Waals surface area (Å²) in [6, 6.07) is 11.7. The number of hydrogen-bond donors (Lipinski definition) is 1. The molecule has 6 nitrogen and oxygen atoms in total. The van der Waals surface area contributed by atoms with E-state index in [4.69, 9.17) is 4.74 Å². The van der Waals surface area contributed by atoms with Crippen molar-refractivity contribution >= 4 is 5.91 Å². The largest absolute Gasteiger partial charge is 0.488 e. The fraction of sp³-hybridized carbons (Fsp3) is 0.211. The van der Waals surface area contributed by atoms with Gasteiger partial charge >= 0.3 is 0 Å². The monoisotopic (exact) mass is 334 g/mol. The van der Waals surface area contributed by atoms with Gasteiger partial charge in [-0.15, -0.1) is 0 Å². The first-order chi connectivity index (χ1) is 12.2. The normalized spacial score (nSPS) is 12.0. The second-order valence-corrected chi connectivity index (χ2v) is 6.06. The van der Waals surface area contributed by atoms with E-state index in [1.165, 1.54) is 0 Å². The number of nitrogens with zero attached hydrogens (tertiary/aromatic N) is 3. The SMILES string of the molecule is Cc1ccc2c(c1)-c1c(cnn1CC(=O)NCc1ccccn1)CO2. The Morgan fingerprint density at radius 1 is 1.32 bits per heavy atom. The molecule has 1 aliphatic rings. The van der Waals surface area contributed by atoms with Gasteiger partial charge in [0.15, 0.2) is 0 Å². The predicted octanol–water partition coefficient (Wildman–Crippen LogP) is 2.46. The van der Waals surface area contributed by atoms with E-state index in [9.17, 15) is 4.79 Å². The molecular weight excluding hydrogens is 316 g/mol. The van der Waals surface area contributed by atoms with Gasteiger partial charge in [0.25, 0.3) is 0 Å². The van der Waals surface area contributed by atoms with Crippen LogP contribution in [0.5, 0.6) is 5.75 Å². The van der Waals surface area contributed by atoms with Crippen molar-refractivity contribution in [2.45, 2.75) is 26.6 Å². The predicted molar refractivity (Wildman–Crippen MR) is 92.8 cm³/mol. The van der Waals surface area contributed by atoms with Gasteiger partial charge in [0.1, 0.15) is 18.9 Å². The molecule has 0 aliphatic carbocycles. The van der Waals surface area contributed by atoms with Crippen molar-refractivity contribution in [1.82, 2.24) is 20.1 Å². The van der Waals surface area contributed by atoms with Crippen LogP contribution in [0.4, 0.5) is 0 Å². The minimum Gasteiger partial charge on any atom is -0.488 e. The number of aryl methyl sites for hydroxylation is 1. The molecule has 126 valence electrons. The third kappa shape index (κ3) is 3.10. The lowest BCUT2D eigenvalue weighted by molar-refractivity contribution is -0.122. The Hall–Kier alpha value is -3.15. The van der Waals surface area contributed by atoms with Crippen molar-refractivity contribution in [3.63, 3.8) is 0 Å². The first kappa shape index (κ1) is 15.4. The number of hydrogen-bond acceptors (Lipinski definition) is 4. The number of fused-ring (bicyclic) bond motifs is 3. The first-order valence-electron chi connectivity index (χ1n) is 8.16. The zero-order chi connectivity index (χ0) is 17.2. The third-order valence-electron chi connectivity index (χ3n) is 4.17. The Morgan fingerprint density at radius 3 is 3.08 bits per heavy atom. The molecule has 3 aromatic rings. The van der Waals surface area contributed by atoms with Gasteiger partial charge in [0, 0.05) is 17.3 Å². The number of nitrogens with one attached hydrogen (secondary N) is 1. The number of rotatable bonds is 4. The van der Waals surface area contributed by atoms with Crippen LogP contribution >= 0.6 is 0 Å². The van der Waals surface area contributed by atoms with Crippen molar-refractivity contribution in [2.24, 2.45) is 0 Å². The fourth-order valence-corrected chi connectivity index (χ4v) is 2.96. The number of carbonyl (C=O) groups excluding carboxylic acids is 1. The highest BCUT2D eigenvalue weighted by molar-refractivity contribution is 5.78. The van der Waals surface area contributed by atoms with Gasteiger partial charge in [-0.25, -0.2) is 0 Å². The highest BCUT2D eigenvalue weighted by Gasteiger charge is 2.23. The molecule has 1 amide bonds. The molecule has 0 bridgehead atoms. The molecule has 1 N–H and O–H groups in total. The molecular formula is C19H18N4O2. The lowest BCUT2D eigenvalue weighted by Gasteiger charge is -2.19. The number of benzene rings is 1. The summed E-state index contributed by atoms with van der Waals surface area (Å²) in [7, 11) is 0. The van der Waals surface area contributed by atoms with E-state index in [2.05, 4.69) is 21.5 Å². The second-order valence-electron chi connectivity index (χ2n) is 6.06. The van der Waals surface area contributed by atoms with Crippen LogP contribution in [0.2, 0.25) is 0 Å². The van der Waals surface area contributed by atoms with Gasteiger partial charge in [0.05, 0.1) is 24.1 Å². The summed E-state index contributed by atoms with van der Waals surface area (Å²) >= 11 is 0. The highest BCUT2D eigenvalue weighted by Crippen LogP contribution is 2.37. The topological polar surface area (TPSA) is 69.0 Å². The molecule has 0 atom stereocenters. The molecule has 25 heavy (non-hydrogen) atoms. The summed E-state index contributed by atoms with van der Waals surface area (Å²) in [4.78, 5) is 16.5. The van der Waals surface area contributed by atoms with Gasteiger partial charge in [-0.1, -0.05) is 17.7 Å². The summed E-state index contributed by atoms with van der Waals surface area (Å²) in [5, 5.41) is 7.27. The lowest BCUT2D eigenvalue weighted by atomic mass is 10.0. The molecule has 0 unspecified atom stereocenters. The molecule has 0 saturated heterocycles. The standard InChI is InChI=1S/C19H18N4O2/c1-13-5-6-17-16(8-13)19-14(12-25-17)9-22-23(19)11-18(24)21-10-15-4-2-3-7-20-15/h2-9H,10-12H2,1H3,(H,21,24). The van der Waals surface area contributed by atoms with E-state index >= 15 is 0 Å². The van der Waals surface area contributed by atoms with Crippen LogP contribution in [0, 0.1) is 6.92 Å². The molecule has 1 aromatic carbocycles. The maximum atomic E-state index is 12.3. The van der Waals surface area contributed by atoms with Crippen LogP contribution in [0.3, 0.4) is 0 Å². The van der Waals surface area contributed by atoms with E-state index in [0.29, 0.717) is 13.2 Å². The lowest BCUT2D eigenvalue weighted by Crippen LogP contribution is -2.28. The molecule has 1 aliphatic heterocycles. The summed E-state index contributed by atoms with van der Waals surface area (Å²) in [5.41, 5.74) is 4.90. The van der Waals surface area contributed by atoms with Gasteiger partial charge in [-0.05, 0) is 31.2 Å². The molecule has 3 heterocycles. The molecule has 0 saturated carbocycles. The van der Waals surface area contributed by atoms with Crippen molar-refractivity contribution in [3.8, 4) is 17.0 Å². The summed E-state index contributed by atoms with van der Waals surface area (Å²) < 4.78 is 7.51. The zero-order valence-electron chi connectivity index (χ0n) is 13.9. The smallest absolute Gasteiger partial charge is 0.242 e. The van der Waals surface area contributed by atoms with Gasteiger partial charge < -0.3 is 10.1 Å². The van der Waals surface area contributed by atoms with Crippen LogP contribution in [-0.4, -0.2) is 20.7 Å². The molecule has 0 spiro atoms. The Balaban J connectivity index is 1.53. The maximum Gasteiger partial charge on any atom is 0.242 e. The van der Waals surface area contributed by atoms with Crippen molar-refractivity contribution in [1.29, 1.82) is 0 Å². The Labute approximate surface area is 145 Å². The molecule has 2 aromatic heterocycles. The molecule has 4 rings (SSSR count). The first-order valence-corrected chi connectivity index (χ1v) is 8.16. The van der Waals surface area contributed by atoms with E-state index in [0.717, 1.165) is 33.8 Å². The Bertz CT molecular complexity index is 918. The molecule has 6 heteroatoms. The van der Waals surface area contributed by atoms with Crippen LogP contribution in [0.1, 0.15) is 16.8 Å². The van der Waals surface area contributed by atoms with Gasteiger partial charge in [-0.2, -0.15) is 5.10 Å². The number of carbonyl (C=O) groups is 1. The average Bonchev–Trinajstić information content (AvgIpc) is 3.04. The summed E-state index contributed by atoms with van der Waals surface area (Å²) in [6.45, 7) is 3.08. The molecule has 0 radical (unpaired) electrons. The van der Waals surface area contributed by atoms with E-state index in [1.54, 1.807) is 17.1 Å². The second kappa shape index (κ2) is 6.39. The van der Waals surface area contributed by atoms with Crippen molar-refractivity contribution in [3.05, 3.63) is 65.6 Å². The molecule has 0 fully saturated rings. The van der Waals surface area contributed by atoms with E-state index in [-0.39, 0.29) is 12.5 Å². The van der Waals surface area contributed by atoms with Crippen LogP contribution in [0.25, 0.3) is 11.3 Å². The number of aromatic nitrogens is 3. The number of amides is 1. The Morgan fingerprint density at radius 2 is 2.24 bits per heavy atom. The van der Waals surface area contributed by atoms with Gasteiger partial charge in [0.2, 0.25) is 5.91 Å². The highest BCUT2D eigenvalue weighted by atomic mass is 16.5. The number of ether oxygens (including phenoxy) is 1. The third-order valence-corrected chi connectivity index (χ3v) is 4.17. The van der Waals surface area contributed by atoms with Crippen molar-refractivity contribution in [2.75, 3.05) is 0 Å². The number of pyridine rings is 1. The average molecular weight is 334 g/mol. The van der Waals surface area contributed by atoms with Crippen molar-refractivity contribution < 1.29 is 9.53 Å². The summed E-state index contributed by atoms with van der Waals surface area (Å²) in [6.07, 6.45) is 3.48. The van der Waals surface area contributed by atoms with E-state index in [1.807, 2.05) is 37.3 Å². The maximum absolute atomic E-state index is 12.3. The minimum absolute atomic E-state index is 0.0998. The summed E-state index contributed by atoms with van der Waals surface area (Å²) in [5.74, 6) is 0.728. The quantitative estimate of drug-likeness (QED) is 0.796. The minimum atomic E-state index is -0.0998. The van der Waals surface area contributed by atoms with E-state index < -0.39 is 0 Å². The van der Waals surface area contributed by atoms with Crippen LogP contribution < -0.4 is 10.1 Å². The van der Waals surface area contributed by atoms with Gasteiger partial charge in [-0.3, -0.25) is 14.5 Å².